The van der Waals surface area contributed by atoms with Gasteiger partial charge in [-0.1, -0.05) is 13.8 Å². The Bertz CT molecular complexity index is 1070. The van der Waals surface area contributed by atoms with Crippen LogP contribution in [-0.2, 0) is 22.1 Å². The number of aromatic hydroxyl groups is 1. The van der Waals surface area contributed by atoms with E-state index in [-0.39, 0.29) is 22.7 Å². The topological polar surface area (TPSA) is 118 Å². The van der Waals surface area contributed by atoms with Gasteiger partial charge in [0.2, 0.25) is 0 Å². The number of hydrogen-bond acceptors (Lipinski definition) is 6. The predicted molar refractivity (Wildman–Crippen MR) is 100 cm³/mol. The van der Waals surface area contributed by atoms with Gasteiger partial charge in [-0.2, -0.15) is 8.42 Å². The van der Waals surface area contributed by atoms with Crippen molar-refractivity contribution in [1.82, 2.24) is 9.29 Å². The predicted octanol–water partition coefficient (Wildman–Crippen LogP) is 0.850. The smallest absolute Gasteiger partial charge is 0.326 e. The lowest BCUT2D eigenvalue weighted by Gasteiger charge is -2.18. The number of benzene rings is 1. The number of phenols is 1. The highest BCUT2D eigenvalue weighted by molar-refractivity contribution is 7.92. The van der Waals surface area contributed by atoms with Crippen LogP contribution < -0.4 is 19.3 Å². The van der Waals surface area contributed by atoms with E-state index in [1.165, 1.54) is 29.8 Å². The van der Waals surface area contributed by atoms with Gasteiger partial charge in [0.1, 0.15) is 12.3 Å². The number of nitrogens with zero attached hydrogens (tertiary/aromatic N) is 2. The average molecular weight is 395 g/mol. The number of rotatable bonds is 5. The molecule has 0 spiro atoms. The summed E-state index contributed by atoms with van der Waals surface area (Å²) in [4.78, 5) is 23.9. The van der Waals surface area contributed by atoms with Crippen molar-refractivity contribution in [2.45, 2.75) is 20.3 Å². The van der Waals surface area contributed by atoms with Gasteiger partial charge in [0, 0.05) is 18.5 Å². The number of aryl methyl sites for hydroxylation is 1. The molecule has 1 amide bonds. The number of carbonyl (C=O) groups is 1. The lowest BCUT2D eigenvalue weighted by molar-refractivity contribution is -0.117. The molecule has 0 radical (unpaired) electrons. The Morgan fingerprint density at radius 1 is 1.26 bits per heavy atom. The summed E-state index contributed by atoms with van der Waals surface area (Å²) < 4.78 is 33.7. The second kappa shape index (κ2) is 6.76. The number of hydrogen-bond donors (Lipinski definition) is 2. The number of pyridine rings is 1. The van der Waals surface area contributed by atoms with Gasteiger partial charge < -0.3 is 14.4 Å². The van der Waals surface area contributed by atoms with Crippen LogP contribution in [0.3, 0.4) is 0 Å². The summed E-state index contributed by atoms with van der Waals surface area (Å²) in [5, 5.41) is 10.8. The molecule has 3 rings (SSSR count). The molecule has 1 aliphatic heterocycles. The molecule has 1 aromatic heterocycles. The molecule has 9 nitrogen and oxygen atoms in total. The van der Waals surface area contributed by atoms with Gasteiger partial charge in [-0.3, -0.25) is 9.59 Å². The van der Waals surface area contributed by atoms with Crippen LogP contribution in [0.5, 0.6) is 11.5 Å². The van der Waals surface area contributed by atoms with E-state index in [4.69, 9.17) is 4.74 Å². The standard InChI is InChI=1S/C17H21N3O6S/c1-10(2)4-5-26-15-7-11-6-13(20-9-16(22)18-27(20,24)25)14(21)8-12(11)19(3)17(15)23/h6-8,10,21H,4-5,9H2,1-3H3,(H,18,22). The molecule has 2 N–H and O–H groups in total. The van der Waals surface area contributed by atoms with Crippen molar-refractivity contribution in [3.63, 3.8) is 0 Å². The molecule has 1 fully saturated rings. The van der Waals surface area contributed by atoms with Crippen LogP contribution in [0, 0.1) is 5.92 Å². The highest BCUT2D eigenvalue weighted by atomic mass is 32.2. The first-order chi connectivity index (χ1) is 12.6. The summed E-state index contributed by atoms with van der Waals surface area (Å²) >= 11 is 0. The van der Waals surface area contributed by atoms with Gasteiger partial charge in [0.05, 0.1) is 17.8 Å². The van der Waals surface area contributed by atoms with Crippen LogP contribution in [0.25, 0.3) is 10.9 Å². The van der Waals surface area contributed by atoms with Crippen molar-refractivity contribution in [3.8, 4) is 11.5 Å². The summed E-state index contributed by atoms with van der Waals surface area (Å²) in [6, 6.07) is 4.22. The maximum Gasteiger partial charge on any atom is 0.326 e. The van der Waals surface area contributed by atoms with Crippen molar-refractivity contribution < 1.29 is 23.1 Å². The molecule has 1 saturated heterocycles. The van der Waals surface area contributed by atoms with Crippen molar-refractivity contribution in [3.05, 3.63) is 28.6 Å². The van der Waals surface area contributed by atoms with Gasteiger partial charge in [-0.15, -0.1) is 0 Å². The van der Waals surface area contributed by atoms with Crippen LogP contribution in [0.4, 0.5) is 5.69 Å². The third kappa shape index (κ3) is 3.57. The van der Waals surface area contributed by atoms with Gasteiger partial charge in [0.25, 0.3) is 11.5 Å². The molecule has 1 aromatic carbocycles. The first-order valence-corrected chi connectivity index (χ1v) is 9.87. The Hall–Kier alpha value is -2.75. The van der Waals surface area contributed by atoms with E-state index >= 15 is 0 Å². The van der Waals surface area contributed by atoms with Crippen LogP contribution >= 0.6 is 0 Å². The first-order valence-electron chi connectivity index (χ1n) is 8.43. The number of anilines is 1. The van der Waals surface area contributed by atoms with Crippen LogP contribution in [0.2, 0.25) is 0 Å². The van der Waals surface area contributed by atoms with E-state index in [1.807, 2.05) is 18.6 Å². The number of nitrogens with one attached hydrogen (secondary N) is 1. The van der Waals surface area contributed by atoms with Gasteiger partial charge >= 0.3 is 10.2 Å². The first kappa shape index (κ1) is 19.0. The van der Waals surface area contributed by atoms with E-state index < -0.39 is 22.7 Å². The van der Waals surface area contributed by atoms with Gasteiger partial charge in [0.15, 0.2) is 5.75 Å². The number of carbonyl (C=O) groups excluding carboxylic acids is 1. The molecule has 10 heteroatoms. The maximum absolute atomic E-state index is 12.5. The van der Waals surface area contributed by atoms with Crippen molar-refractivity contribution in [2.24, 2.45) is 13.0 Å². The molecule has 0 atom stereocenters. The van der Waals surface area contributed by atoms with Crippen LogP contribution in [-0.4, -0.2) is 37.2 Å². The fraction of sp³-hybridized carbons (Fsp3) is 0.412. The molecule has 0 unspecified atom stereocenters. The molecule has 0 bridgehead atoms. The van der Waals surface area contributed by atoms with Crippen molar-refractivity contribution in [2.75, 3.05) is 17.5 Å². The number of fused-ring (bicyclic) bond motifs is 1. The largest absolute Gasteiger partial charge is 0.506 e. The summed E-state index contributed by atoms with van der Waals surface area (Å²) in [5.74, 6) is -0.484. The summed E-state index contributed by atoms with van der Waals surface area (Å²) in [6.07, 6.45) is 0.780. The zero-order valence-electron chi connectivity index (χ0n) is 15.2. The van der Waals surface area contributed by atoms with Crippen molar-refractivity contribution >= 4 is 32.7 Å². The van der Waals surface area contributed by atoms with E-state index in [9.17, 15) is 23.1 Å². The van der Waals surface area contributed by atoms with E-state index in [0.29, 0.717) is 23.4 Å². The molecule has 1 aliphatic rings. The maximum atomic E-state index is 12.5. The lowest BCUT2D eigenvalue weighted by atomic mass is 10.1. The zero-order chi connectivity index (χ0) is 19.9. The minimum atomic E-state index is -4.06. The van der Waals surface area contributed by atoms with E-state index in [0.717, 1.165) is 10.7 Å². The van der Waals surface area contributed by atoms with Gasteiger partial charge in [-0.05, 0) is 24.5 Å². The Morgan fingerprint density at radius 2 is 1.96 bits per heavy atom. The highest BCUT2D eigenvalue weighted by Gasteiger charge is 2.35. The minimum Gasteiger partial charge on any atom is -0.506 e. The quantitative estimate of drug-likeness (QED) is 0.775. The number of aromatic nitrogens is 1. The highest BCUT2D eigenvalue weighted by Crippen LogP contribution is 2.35. The Labute approximate surface area is 156 Å². The van der Waals surface area contributed by atoms with Crippen LogP contribution in [0.15, 0.2) is 23.0 Å². The SMILES string of the molecule is CC(C)CCOc1cc2cc(N3CC(=O)NS3(=O)=O)c(O)cc2n(C)c1=O. The molecular formula is C17H21N3O6S. The summed E-state index contributed by atoms with van der Waals surface area (Å²) in [5.41, 5.74) is 0.00464. The summed E-state index contributed by atoms with van der Waals surface area (Å²) in [6.45, 7) is 4.04. The number of phenolic OH excluding ortho intramolecular Hbond substituents is 1. The Balaban J connectivity index is 2.09. The molecule has 2 heterocycles. The lowest BCUT2D eigenvalue weighted by Crippen LogP contribution is -2.29. The molecule has 146 valence electrons. The second-order valence-corrected chi connectivity index (χ2v) is 8.44. The third-order valence-electron chi connectivity index (χ3n) is 4.33. The second-order valence-electron chi connectivity index (χ2n) is 6.84. The normalized spacial score (nSPS) is 16.1. The summed E-state index contributed by atoms with van der Waals surface area (Å²) in [7, 11) is -2.52. The third-order valence-corrected chi connectivity index (χ3v) is 5.72. The molecular weight excluding hydrogens is 374 g/mol. The number of ether oxygens (including phenoxy) is 1. The Kier molecular flexibility index (Phi) is 4.77. The van der Waals surface area contributed by atoms with Crippen LogP contribution in [0.1, 0.15) is 20.3 Å². The van der Waals surface area contributed by atoms with E-state index in [2.05, 4.69) is 0 Å². The fourth-order valence-corrected chi connectivity index (χ4v) is 3.99. The fourth-order valence-electron chi connectivity index (χ4n) is 2.83. The van der Waals surface area contributed by atoms with Gasteiger partial charge in [-0.25, -0.2) is 9.03 Å². The Morgan fingerprint density at radius 3 is 2.56 bits per heavy atom. The molecule has 27 heavy (non-hydrogen) atoms. The van der Waals surface area contributed by atoms with E-state index in [1.54, 1.807) is 0 Å². The molecule has 2 aromatic rings. The number of amides is 1. The monoisotopic (exact) mass is 395 g/mol. The molecule has 0 aliphatic carbocycles. The minimum absolute atomic E-state index is 0.0485. The molecule has 0 saturated carbocycles. The zero-order valence-corrected chi connectivity index (χ0v) is 16.0. The average Bonchev–Trinajstić information content (AvgIpc) is 2.84. The van der Waals surface area contributed by atoms with Crippen molar-refractivity contribution in [1.29, 1.82) is 0 Å².